The fourth-order valence-corrected chi connectivity index (χ4v) is 5.54. The number of amides is 1. The van der Waals surface area contributed by atoms with Gasteiger partial charge in [-0.2, -0.15) is 4.31 Å². The summed E-state index contributed by atoms with van der Waals surface area (Å²) in [6.45, 7) is 1.95. The summed E-state index contributed by atoms with van der Waals surface area (Å²) in [5, 5.41) is 14.0. The molecule has 1 aliphatic heterocycles. The Balaban J connectivity index is 1.79. The second kappa shape index (κ2) is 8.89. The molecule has 3 rings (SSSR count). The first-order valence-corrected chi connectivity index (χ1v) is 11.3. The number of anilines is 1. The van der Waals surface area contributed by atoms with Gasteiger partial charge >= 0.3 is 0 Å². The minimum Gasteiger partial charge on any atom is -0.325 e. The molecular formula is C19H19Cl2N3O5S. The van der Waals surface area contributed by atoms with Gasteiger partial charge in [0.05, 0.1) is 21.6 Å². The molecule has 1 fully saturated rings. The predicted molar refractivity (Wildman–Crippen MR) is 114 cm³/mol. The summed E-state index contributed by atoms with van der Waals surface area (Å²) in [4.78, 5) is 23.1. The number of aryl methyl sites for hydroxylation is 1. The van der Waals surface area contributed by atoms with E-state index in [2.05, 4.69) is 5.32 Å². The first-order valence-electron chi connectivity index (χ1n) is 9.10. The summed E-state index contributed by atoms with van der Waals surface area (Å²) in [5.74, 6) is -0.999. The molecule has 8 nitrogen and oxygen atoms in total. The molecule has 1 aliphatic rings. The van der Waals surface area contributed by atoms with Crippen molar-refractivity contribution in [1.82, 2.24) is 4.31 Å². The molecule has 2 aromatic rings. The van der Waals surface area contributed by atoms with Gasteiger partial charge in [0.1, 0.15) is 4.90 Å². The largest absolute Gasteiger partial charge is 0.325 e. The van der Waals surface area contributed by atoms with Crippen LogP contribution in [-0.2, 0) is 14.8 Å². The van der Waals surface area contributed by atoms with Crippen LogP contribution in [0.1, 0.15) is 18.4 Å². The maximum Gasteiger partial charge on any atom is 0.271 e. The molecule has 0 bridgehead atoms. The highest BCUT2D eigenvalue weighted by atomic mass is 35.5. The number of benzene rings is 2. The highest BCUT2D eigenvalue weighted by Crippen LogP contribution is 2.31. The van der Waals surface area contributed by atoms with Crippen LogP contribution in [-0.4, -0.2) is 36.6 Å². The van der Waals surface area contributed by atoms with E-state index in [0.717, 1.165) is 0 Å². The van der Waals surface area contributed by atoms with E-state index in [4.69, 9.17) is 23.2 Å². The molecule has 1 N–H and O–H groups in total. The van der Waals surface area contributed by atoms with E-state index in [9.17, 15) is 23.3 Å². The second-order valence-corrected chi connectivity index (χ2v) is 9.77. The number of halogens is 2. The van der Waals surface area contributed by atoms with Crippen LogP contribution in [0.15, 0.2) is 41.3 Å². The third kappa shape index (κ3) is 4.75. The van der Waals surface area contributed by atoms with Crippen molar-refractivity contribution >= 4 is 50.5 Å². The molecule has 0 unspecified atom stereocenters. The van der Waals surface area contributed by atoms with Crippen molar-refractivity contribution in [3.05, 3.63) is 62.1 Å². The number of hydrogen-bond donors (Lipinski definition) is 1. The minimum absolute atomic E-state index is 0.0228. The molecule has 160 valence electrons. The first-order chi connectivity index (χ1) is 14.1. The van der Waals surface area contributed by atoms with Crippen molar-refractivity contribution in [2.75, 3.05) is 18.4 Å². The normalized spacial score (nSPS) is 17.5. The van der Waals surface area contributed by atoms with Gasteiger partial charge in [-0.05, 0) is 43.5 Å². The molecule has 0 spiro atoms. The van der Waals surface area contributed by atoms with Crippen molar-refractivity contribution < 1.29 is 18.1 Å². The number of sulfonamides is 1. The van der Waals surface area contributed by atoms with Gasteiger partial charge in [-0.15, -0.1) is 0 Å². The molecule has 1 heterocycles. The van der Waals surface area contributed by atoms with Crippen molar-refractivity contribution in [2.45, 2.75) is 24.7 Å². The van der Waals surface area contributed by atoms with Crippen LogP contribution < -0.4 is 5.32 Å². The van der Waals surface area contributed by atoms with Crippen molar-refractivity contribution in [2.24, 2.45) is 5.92 Å². The zero-order valence-corrected chi connectivity index (χ0v) is 18.3. The summed E-state index contributed by atoms with van der Waals surface area (Å²) in [7, 11) is -3.93. The number of nitrogens with one attached hydrogen (secondary N) is 1. The summed E-state index contributed by atoms with van der Waals surface area (Å²) >= 11 is 12.0. The predicted octanol–water partition coefficient (Wildman–Crippen LogP) is 4.25. The maximum atomic E-state index is 13.0. The van der Waals surface area contributed by atoms with E-state index in [1.807, 2.05) is 0 Å². The number of nitrogens with zero attached hydrogens (tertiary/aromatic N) is 2. The Hall–Kier alpha value is -2.20. The number of nitro benzene ring substituents is 1. The highest BCUT2D eigenvalue weighted by Gasteiger charge is 2.34. The van der Waals surface area contributed by atoms with Crippen LogP contribution in [0, 0.1) is 23.0 Å². The van der Waals surface area contributed by atoms with E-state index in [1.165, 1.54) is 34.6 Å². The summed E-state index contributed by atoms with van der Waals surface area (Å²) in [6, 6.07) is 8.39. The van der Waals surface area contributed by atoms with Gasteiger partial charge in [-0.25, -0.2) is 8.42 Å². The van der Waals surface area contributed by atoms with Crippen molar-refractivity contribution in [1.29, 1.82) is 0 Å². The SMILES string of the molecule is Cc1ccc([N+](=O)[O-])cc1NC(=O)[C@H]1CCCN(S(=O)(=O)c2cc(Cl)ccc2Cl)C1. The van der Waals surface area contributed by atoms with Gasteiger partial charge in [0.15, 0.2) is 0 Å². The Labute approximate surface area is 184 Å². The Morgan fingerprint density at radius 3 is 2.67 bits per heavy atom. The third-order valence-corrected chi connectivity index (χ3v) is 7.54. The van der Waals surface area contributed by atoms with Gasteiger partial charge in [-0.1, -0.05) is 29.3 Å². The lowest BCUT2D eigenvalue weighted by molar-refractivity contribution is -0.384. The van der Waals surface area contributed by atoms with Crippen LogP contribution in [0.3, 0.4) is 0 Å². The van der Waals surface area contributed by atoms with Gasteiger partial charge < -0.3 is 5.32 Å². The van der Waals surface area contributed by atoms with Gasteiger partial charge in [0.25, 0.3) is 5.69 Å². The smallest absolute Gasteiger partial charge is 0.271 e. The fourth-order valence-electron chi connectivity index (χ4n) is 3.28. The molecule has 0 radical (unpaired) electrons. The zero-order valence-electron chi connectivity index (χ0n) is 16.0. The maximum absolute atomic E-state index is 13.0. The van der Waals surface area contributed by atoms with Crippen LogP contribution in [0.4, 0.5) is 11.4 Å². The Kier molecular flexibility index (Phi) is 6.66. The van der Waals surface area contributed by atoms with Gasteiger partial charge in [0, 0.05) is 30.2 Å². The van der Waals surface area contributed by atoms with Crippen molar-refractivity contribution in [3.8, 4) is 0 Å². The lowest BCUT2D eigenvalue weighted by atomic mass is 9.98. The summed E-state index contributed by atoms with van der Waals surface area (Å²) < 4.78 is 27.3. The van der Waals surface area contributed by atoms with Crippen LogP contribution in [0.25, 0.3) is 0 Å². The minimum atomic E-state index is -3.93. The lowest BCUT2D eigenvalue weighted by Crippen LogP contribution is -2.43. The van der Waals surface area contributed by atoms with Crippen LogP contribution in [0.5, 0.6) is 0 Å². The number of carbonyl (C=O) groups excluding carboxylic acids is 1. The number of nitro groups is 1. The monoisotopic (exact) mass is 471 g/mol. The van der Waals surface area contributed by atoms with Gasteiger partial charge in [0.2, 0.25) is 15.9 Å². The number of carbonyl (C=O) groups is 1. The van der Waals surface area contributed by atoms with E-state index < -0.39 is 26.8 Å². The van der Waals surface area contributed by atoms with E-state index >= 15 is 0 Å². The molecule has 1 atom stereocenters. The van der Waals surface area contributed by atoms with E-state index in [0.29, 0.717) is 24.1 Å². The van der Waals surface area contributed by atoms with Crippen LogP contribution >= 0.6 is 23.2 Å². The van der Waals surface area contributed by atoms with Crippen molar-refractivity contribution in [3.63, 3.8) is 0 Å². The Bertz CT molecular complexity index is 1110. The standard InChI is InChI=1S/C19H19Cl2N3O5S/c1-12-4-6-15(24(26)27)10-17(12)22-19(25)13-3-2-8-23(11-13)30(28,29)18-9-14(20)5-7-16(18)21/h4-7,9-10,13H,2-3,8,11H2,1H3,(H,22,25)/t13-/m0/s1. The lowest BCUT2D eigenvalue weighted by Gasteiger charge is -2.31. The molecule has 0 saturated carbocycles. The first kappa shape index (κ1) is 22.5. The second-order valence-electron chi connectivity index (χ2n) is 7.02. The topological polar surface area (TPSA) is 110 Å². The quantitative estimate of drug-likeness (QED) is 0.517. The third-order valence-electron chi connectivity index (χ3n) is 4.96. The van der Waals surface area contributed by atoms with E-state index in [-0.39, 0.29) is 33.7 Å². The molecule has 0 aromatic heterocycles. The summed E-state index contributed by atoms with van der Waals surface area (Å²) in [5.41, 5.74) is 0.853. The number of non-ortho nitro benzene ring substituents is 1. The molecular weight excluding hydrogens is 453 g/mol. The molecule has 0 aliphatic carbocycles. The number of piperidine rings is 1. The average molecular weight is 472 g/mol. The number of hydrogen-bond acceptors (Lipinski definition) is 5. The molecule has 1 amide bonds. The molecule has 30 heavy (non-hydrogen) atoms. The molecule has 1 saturated heterocycles. The zero-order chi connectivity index (χ0) is 22.1. The fraction of sp³-hybridized carbons (Fsp3) is 0.316. The van der Waals surface area contributed by atoms with Gasteiger partial charge in [-0.3, -0.25) is 14.9 Å². The Morgan fingerprint density at radius 2 is 1.97 bits per heavy atom. The average Bonchev–Trinajstić information content (AvgIpc) is 2.71. The number of rotatable bonds is 5. The molecule has 11 heteroatoms. The molecule has 2 aromatic carbocycles. The van der Waals surface area contributed by atoms with E-state index in [1.54, 1.807) is 13.0 Å². The summed E-state index contributed by atoms with van der Waals surface area (Å²) in [6.07, 6.45) is 0.985. The van der Waals surface area contributed by atoms with Crippen LogP contribution in [0.2, 0.25) is 10.0 Å². The Morgan fingerprint density at radius 1 is 1.23 bits per heavy atom. The highest BCUT2D eigenvalue weighted by molar-refractivity contribution is 7.89.